The summed E-state index contributed by atoms with van der Waals surface area (Å²) in [5.41, 5.74) is -0.606. The van der Waals surface area contributed by atoms with Gasteiger partial charge < -0.3 is 25.0 Å². The molecule has 0 aromatic carbocycles. The molecule has 3 unspecified atom stereocenters. The van der Waals surface area contributed by atoms with Gasteiger partial charge in [-0.15, -0.1) is 0 Å². The van der Waals surface area contributed by atoms with Gasteiger partial charge in [0.2, 0.25) is 12.3 Å². The van der Waals surface area contributed by atoms with Crippen LogP contribution in [0.2, 0.25) is 0 Å². The van der Waals surface area contributed by atoms with E-state index in [1.54, 1.807) is 32.6 Å². The van der Waals surface area contributed by atoms with Crippen molar-refractivity contribution in [3.63, 3.8) is 0 Å². The number of ether oxygens (including phenoxy) is 1. The van der Waals surface area contributed by atoms with Crippen LogP contribution in [0.5, 0.6) is 0 Å². The SMILES string of the molecule is CC(=O)N(CCC1CCC(C(=O)O)N1C=O)CC(C)NC(=O)OC(C)(C)C. The average molecular weight is 385 g/mol. The highest BCUT2D eigenvalue weighted by Gasteiger charge is 2.37. The molecule has 9 nitrogen and oxygen atoms in total. The van der Waals surface area contributed by atoms with Gasteiger partial charge in [0.05, 0.1) is 0 Å². The Labute approximate surface area is 160 Å². The molecule has 0 radical (unpaired) electrons. The fourth-order valence-corrected chi connectivity index (χ4v) is 3.17. The van der Waals surface area contributed by atoms with Crippen LogP contribution in [-0.4, -0.2) is 76.1 Å². The van der Waals surface area contributed by atoms with Crippen LogP contribution in [-0.2, 0) is 19.1 Å². The van der Waals surface area contributed by atoms with Crippen LogP contribution in [0.1, 0.15) is 53.9 Å². The number of carbonyl (C=O) groups excluding carboxylic acids is 3. The summed E-state index contributed by atoms with van der Waals surface area (Å²) in [5, 5.41) is 11.9. The highest BCUT2D eigenvalue weighted by molar-refractivity contribution is 5.77. The molecule has 1 rings (SSSR count). The Bertz CT molecular complexity index is 560. The molecule has 1 fully saturated rings. The van der Waals surface area contributed by atoms with Crippen molar-refractivity contribution in [2.24, 2.45) is 0 Å². The zero-order valence-electron chi connectivity index (χ0n) is 16.7. The van der Waals surface area contributed by atoms with Gasteiger partial charge in [0.25, 0.3) is 0 Å². The van der Waals surface area contributed by atoms with Gasteiger partial charge in [0.1, 0.15) is 11.6 Å². The van der Waals surface area contributed by atoms with E-state index in [1.807, 2.05) is 0 Å². The minimum absolute atomic E-state index is 0.154. The number of hydrogen-bond acceptors (Lipinski definition) is 5. The van der Waals surface area contributed by atoms with Gasteiger partial charge >= 0.3 is 12.1 Å². The molecule has 0 aromatic rings. The number of hydrogen-bond donors (Lipinski definition) is 2. The van der Waals surface area contributed by atoms with E-state index in [4.69, 9.17) is 9.84 Å². The van der Waals surface area contributed by atoms with Gasteiger partial charge in [0, 0.05) is 32.1 Å². The Morgan fingerprint density at radius 1 is 1.33 bits per heavy atom. The molecule has 154 valence electrons. The first kappa shape index (κ1) is 22.7. The standard InChI is InChI=1S/C18H31N3O6/c1-12(19-17(26)27-18(3,4)5)10-20(13(2)23)9-8-14-6-7-15(16(24)25)21(14)11-22/h11-12,14-15H,6-10H2,1-5H3,(H,19,26)(H,24,25). The first-order chi connectivity index (χ1) is 12.4. The molecule has 0 spiro atoms. The topological polar surface area (TPSA) is 116 Å². The summed E-state index contributed by atoms with van der Waals surface area (Å²) >= 11 is 0. The molecular formula is C18H31N3O6. The van der Waals surface area contributed by atoms with E-state index in [0.717, 1.165) is 0 Å². The lowest BCUT2D eigenvalue weighted by molar-refractivity contribution is -0.145. The zero-order chi connectivity index (χ0) is 20.8. The fraction of sp³-hybridized carbons (Fsp3) is 0.778. The molecule has 3 atom stereocenters. The van der Waals surface area contributed by atoms with Gasteiger partial charge in [-0.25, -0.2) is 9.59 Å². The molecule has 1 aliphatic rings. The molecule has 1 aliphatic heterocycles. The Balaban J connectivity index is 2.57. The first-order valence-electron chi connectivity index (χ1n) is 9.15. The van der Waals surface area contributed by atoms with Crippen LogP contribution in [0.3, 0.4) is 0 Å². The Morgan fingerprint density at radius 2 is 1.96 bits per heavy atom. The lowest BCUT2D eigenvalue weighted by Crippen LogP contribution is -2.46. The Hall–Kier alpha value is -2.32. The summed E-state index contributed by atoms with van der Waals surface area (Å²) in [6.07, 6.45) is 1.51. The number of aliphatic carboxylic acids is 1. The third-order valence-corrected chi connectivity index (χ3v) is 4.40. The number of amides is 3. The molecular weight excluding hydrogens is 354 g/mol. The minimum Gasteiger partial charge on any atom is -0.480 e. The first-order valence-corrected chi connectivity index (χ1v) is 9.15. The summed E-state index contributed by atoms with van der Waals surface area (Å²) in [6.45, 7) is 9.18. The normalized spacial score (nSPS) is 20.7. The van der Waals surface area contributed by atoms with Crippen molar-refractivity contribution >= 4 is 24.4 Å². The summed E-state index contributed by atoms with van der Waals surface area (Å²) in [5.74, 6) is -1.17. The lowest BCUT2D eigenvalue weighted by atomic mass is 10.1. The van der Waals surface area contributed by atoms with E-state index < -0.39 is 23.7 Å². The van der Waals surface area contributed by atoms with Crippen LogP contribution in [0.15, 0.2) is 0 Å². The van der Waals surface area contributed by atoms with Crippen molar-refractivity contribution in [3.05, 3.63) is 0 Å². The van der Waals surface area contributed by atoms with Crippen LogP contribution >= 0.6 is 0 Å². The molecule has 1 saturated heterocycles. The van der Waals surface area contributed by atoms with Crippen molar-refractivity contribution in [1.82, 2.24) is 15.1 Å². The number of carboxylic acids is 1. The predicted octanol–water partition coefficient (Wildman–Crippen LogP) is 1.21. The minimum atomic E-state index is -1.01. The number of likely N-dealkylation sites (tertiary alicyclic amines) is 1. The van der Waals surface area contributed by atoms with E-state index in [-0.39, 0.29) is 18.0 Å². The maximum Gasteiger partial charge on any atom is 0.407 e. The molecule has 0 saturated carbocycles. The van der Waals surface area contributed by atoms with Crippen molar-refractivity contribution < 1.29 is 29.0 Å². The van der Waals surface area contributed by atoms with E-state index in [0.29, 0.717) is 38.8 Å². The Morgan fingerprint density at radius 3 is 2.44 bits per heavy atom. The number of nitrogens with zero attached hydrogens (tertiary/aromatic N) is 2. The molecule has 2 N–H and O–H groups in total. The quantitative estimate of drug-likeness (QED) is 0.607. The molecule has 0 aromatic heterocycles. The number of carbonyl (C=O) groups is 4. The second-order valence-electron chi connectivity index (χ2n) is 7.94. The monoisotopic (exact) mass is 385 g/mol. The van der Waals surface area contributed by atoms with E-state index in [1.165, 1.54) is 11.8 Å². The average Bonchev–Trinajstić information content (AvgIpc) is 2.91. The smallest absolute Gasteiger partial charge is 0.407 e. The van der Waals surface area contributed by atoms with Gasteiger partial charge in [-0.1, -0.05) is 0 Å². The molecule has 9 heteroatoms. The third-order valence-electron chi connectivity index (χ3n) is 4.40. The number of rotatable bonds is 8. The summed E-state index contributed by atoms with van der Waals surface area (Å²) in [6, 6.07) is -1.33. The van der Waals surface area contributed by atoms with Gasteiger partial charge in [0.15, 0.2) is 0 Å². The van der Waals surface area contributed by atoms with Crippen LogP contribution in [0.25, 0.3) is 0 Å². The maximum absolute atomic E-state index is 11.9. The second-order valence-corrected chi connectivity index (χ2v) is 7.94. The van der Waals surface area contributed by atoms with E-state index in [9.17, 15) is 19.2 Å². The predicted molar refractivity (Wildman–Crippen MR) is 98.1 cm³/mol. The summed E-state index contributed by atoms with van der Waals surface area (Å²) in [7, 11) is 0. The molecule has 0 aliphatic carbocycles. The van der Waals surface area contributed by atoms with Gasteiger partial charge in [-0.2, -0.15) is 0 Å². The van der Waals surface area contributed by atoms with Crippen molar-refractivity contribution in [3.8, 4) is 0 Å². The lowest BCUT2D eigenvalue weighted by Gasteiger charge is -2.29. The van der Waals surface area contributed by atoms with E-state index in [2.05, 4.69) is 5.32 Å². The van der Waals surface area contributed by atoms with Gasteiger partial charge in [-0.3, -0.25) is 9.59 Å². The van der Waals surface area contributed by atoms with Crippen LogP contribution in [0, 0.1) is 0 Å². The molecule has 3 amide bonds. The fourth-order valence-electron chi connectivity index (χ4n) is 3.17. The highest BCUT2D eigenvalue weighted by atomic mass is 16.6. The summed E-state index contributed by atoms with van der Waals surface area (Å²) in [4.78, 5) is 49.1. The van der Waals surface area contributed by atoms with E-state index >= 15 is 0 Å². The molecule has 1 heterocycles. The van der Waals surface area contributed by atoms with Crippen LogP contribution in [0.4, 0.5) is 4.79 Å². The van der Waals surface area contributed by atoms with Crippen molar-refractivity contribution in [2.45, 2.75) is 77.6 Å². The van der Waals surface area contributed by atoms with Crippen molar-refractivity contribution in [2.75, 3.05) is 13.1 Å². The number of alkyl carbamates (subject to hydrolysis) is 1. The third kappa shape index (κ3) is 7.44. The Kier molecular flexibility index (Phi) is 8.05. The largest absolute Gasteiger partial charge is 0.480 e. The summed E-state index contributed by atoms with van der Waals surface area (Å²) < 4.78 is 5.20. The second kappa shape index (κ2) is 9.57. The van der Waals surface area contributed by atoms with Gasteiger partial charge in [-0.05, 0) is 47.0 Å². The molecule has 0 bridgehead atoms. The van der Waals surface area contributed by atoms with Crippen molar-refractivity contribution in [1.29, 1.82) is 0 Å². The highest BCUT2D eigenvalue weighted by Crippen LogP contribution is 2.25. The van der Waals surface area contributed by atoms with Crippen LogP contribution < -0.4 is 5.32 Å². The molecule has 27 heavy (non-hydrogen) atoms. The maximum atomic E-state index is 11.9. The number of nitrogens with one attached hydrogen (secondary N) is 1. The zero-order valence-corrected chi connectivity index (χ0v) is 16.7. The number of carboxylic acid groups (broad SMARTS) is 1.